The zero-order valence-corrected chi connectivity index (χ0v) is 10.4. The molecule has 1 aromatic heterocycles. The molecule has 0 saturated carbocycles. The highest BCUT2D eigenvalue weighted by Gasteiger charge is 2.19. The van der Waals surface area contributed by atoms with Crippen molar-refractivity contribution in [1.29, 1.82) is 5.41 Å². The van der Waals surface area contributed by atoms with Gasteiger partial charge >= 0.3 is 5.97 Å². The molecule has 0 spiro atoms. The summed E-state index contributed by atoms with van der Waals surface area (Å²) in [6.07, 6.45) is 0. The summed E-state index contributed by atoms with van der Waals surface area (Å²) in [5.41, 5.74) is 12.1. The van der Waals surface area contributed by atoms with Gasteiger partial charge in [0.15, 0.2) is 22.5 Å². The van der Waals surface area contributed by atoms with E-state index in [1.807, 2.05) is 5.48 Å². The Morgan fingerprint density at radius 1 is 1.50 bits per heavy atom. The number of aromatic nitrogens is 2. The Morgan fingerprint density at radius 2 is 2.11 bits per heavy atom. The van der Waals surface area contributed by atoms with E-state index in [0.29, 0.717) is 5.82 Å². The molecule has 98 valence electrons. The first kappa shape index (κ1) is 13.8. The van der Waals surface area contributed by atoms with Gasteiger partial charge in [0.2, 0.25) is 5.96 Å². The summed E-state index contributed by atoms with van der Waals surface area (Å²) in [4.78, 5) is 25.2. The van der Waals surface area contributed by atoms with Gasteiger partial charge in [-0.3, -0.25) is 5.41 Å². The number of nitrogens with zero attached hydrogens (tertiary/aromatic N) is 3. The predicted octanol–water partition coefficient (Wildman–Crippen LogP) is -0.667. The van der Waals surface area contributed by atoms with E-state index >= 15 is 0 Å². The Kier molecular flexibility index (Phi) is 4.10. The van der Waals surface area contributed by atoms with Crippen LogP contribution in [0.5, 0.6) is 0 Å². The molecule has 0 bridgehead atoms. The number of halogens is 1. The number of rotatable bonds is 2. The summed E-state index contributed by atoms with van der Waals surface area (Å²) in [7, 11) is 3.40. The van der Waals surface area contributed by atoms with Gasteiger partial charge in [-0.15, -0.1) is 0 Å². The van der Waals surface area contributed by atoms with Gasteiger partial charge in [0.05, 0.1) is 0 Å². The lowest BCUT2D eigenvalue weighted by Gasteiger charge is -2.14. The van der Waals surface area contributed by atoms with E-state index in [4.69, 9.17) is 28.5 Å². The maximum absolute atomic E-state index is 11.5. The smallest absolute Gasteiger partial charge is 0.382 e. The van der Waals surface area contributed by atoms with Crippen molar-refractivity contribution >= 4 is 35.2 Å². The van der Waals surface area contributed by atoms with E-state index in [1.165, 1.54) is 0 Å². The summed E-state index contributed by atoms with van der Waals surface area (Å²) in [5, 5.41) is 6.83. The van der Waals surface area contributed by atoms with Crippen LogP contribution in [0.4, 0.5) is 11.6 Å². The summed E-state index contributed by atoms with van der Waals surface area (Å²) < 4.78 is 0. The van der Waals surface area contributed by atoms with Crippen LogP contribution in [0.2, 0.25) is 5.15 Å². The van der Waals surface area contributed by atoms with Crippen molar-refractivity contribution in [2.75, 3.05) is 24.7 Å². The van der Waals surface area contributed by atoms with Gasteiger partial charge in [0.1, 0.15) is 0 Å². The molecule has 9 nitrogen and oxygen atoms in total. The SMILES string of the molecule is CN(C)c1nc(N)c(C(=O)ONC(=N)N)nc1Cl. The second-order valence-electron chi connectivity index (χ2n) is 3.37. The minimum Gasteiger partial charge on any atom is -0.382 e. The lowest BCUT2D eigenvalue weighted by molar-refractivity contribution is 0.0376. The number of hydrogen-bond donors (Lipinski definition) is 4. The van der Waals surface area contributed by atoms with E-state index in [1.54, 1.807) is 19.0 Å². The molecule has 0 unspecified atom stereocenters. The number of carbonyl (C=O) groups is 1. The highest BCUT2D eigenvalue weighted by atomic mass is 35.5. The van der Waals surface area contributed by atoms with Gasteiger partial charge in [-0.05, 0) is 0 Å². The third kappa shape index (κ3) is 3.10. The van der Waals surface area contributed by atoms with Crippen LogP contribution in [0.1, 0.15) is 10.5 Å². The first-order valence-electron chi connectivity index (χ1n) is 4.64. The number of nitrogen functional groups attached to an aromatic ring is 1. The molecule has 0 saturated heterocycles. The van der Waals surface area contributed by atoms with E-state index in [-0.39, 0.29) is 16.7 Å². The summed E-state index contributed by atoms with van der Waals surface area (Å²) in [6.45, 7) is 0. The van der Waals surface area contributed by atoms with Crippen LogP contribution in [0.25, 0.3) is 0 Å². The molecule has 1 heterocycles. The number of anilines is 2. The monoisotopic (exact) mass is 273 g/mol. The minimum absolute atomic E-state index is 0.00368. The number of hydrogen-bond acceptors (Lipinski definition) is 7. The minimum atomic E-state index is -0.942. The molecule has 10 heteroatoms. The fourth-order valence-electron chi connectivity index (χ4n) is 1.00. The van der Waals surface area contributed by atoms with Crippen LogP contribution in [0.3, 0.4) is 0 Å². The second kappa shape index (κ2) is 5.36. The lowest BCUT2D eigenvalue weighted by Crippen LogP contribution is -2.33. The summed E-state index contributed by atoms with van der Waals surface area (Å²) >= 11 is 5.84. The third-order valence-corrected chi connectivity index (χ3v) is 1.99. The Hall–Kier alpha value is -2.29. The van der Waals surface area contributed by atoms with Crippen LogP contribution < -0.4 is 21.8 Å². The average Bonchev–Trinajstić information content (AvgIpc) is 2.28. The van der Waals surface area contributed by atoms with Gasteiger partial charge in [-0.1, -0.05) is 11.6 Å². The largest absolute Gasteiger partial charge is 0.385 e. The topological polar surface area (TPSA) is 143 Å². The van der Waals surface area contributed by atoms with Crippen molar-refractivity contribution in [3.63, 3.8) is 0 Å². The van der Waals surface area contributed by atoms with E-state index < -0.39 is 11.9 Å². The summed E-state index contributed by atoms with van der Waals surface area (Å²) in [6, 6.07) is 0. The summed E-state index contributed by atoms with van der Waals surface area (Å²) in [5.74, 6) is -1.29. The van der Waals surface area contributed by atoms with Crippen molar-refractivity contribution in [1.82, 2.24) is 15.4 Å². The predicted molar refractivity (Wildman–Crippen MR) is 66.2 cm³/mol. The van der Waals surface area contributed by atoms with Gasteiger partial charge in [-0.2, -0.15) is 5.48 Å². The molecule has 0 aliphatic heterocycles. The molecule has 0 atom stereocenters. The lowest BCUT2D eigenvalue weighted by atomic mass is 10.4. The number of nitrogens with one attached hydrogen (secondary N) is 2. The zero-order chi connectivity index (χ0) is 13.9. The highest BCUT2D eigenvalue weighted by molar-refractivity contribution is 6.32. The standard InChI is InChI=1S/C8H12ClN7O2/c1-16(2)6-4(9)13-3(5(10)14-6)7(17)18-15-8(11)12/h1-2H3,(H2,10,14)(H4,11,12,15). The fourth-order valence-corrected chi connectivity index (χ4v) is 1.30. The van der Waals surface area contributed by atoms with E-state index in [9.17, 15) is 4.79 Å². The Morgan fingerprint density at radius 3 is 2.61 bits per heavy atom. The third-order valence-electron chi connectivity index (χ3n) is 1.73. The second-order valence-corrected chi connectivity index (χ2v) is 3.73. The zero-order valence-electron chi connectivity index (χ0n) is 9.69. The van der Waals surface area contributed by atoms with E-state index in [2.05, 4.69) is 14.8 Å². The molecule has 0 aliphatic rings. The first-order chi connectivity index (χ1) is 8.32. The Labute approximate surface area is 108 Å². The number of hydroxylamine groups is 1. The highest BCUT2D eigenvalue weighted by Crippen LogP contribution is 2.22. The number of nitrogens with two attached hydrogens (primary N) is 2. The van der Waals surface area contributed by atoms with Crippen molar-refractivity contribution in [2.45, 2.75) is 0 Å². The molecule has 0 fully saturated rings. The molecular formula is C8H12ClN7O2. The van der Waals surface area contributed by atoms with Gasteiger partial charge < -0.3 is 21.2 Å². The van der Waals surface area contributed by atoms with Crippen LogP contribution >= 0.6 is 11.6 Å². The Balaban J connectivity index is 3.00. The quantitative estimate of drug-likeness (QED) is 0.316. The van der Waals surface area contributed by atoms with Crippen molar-refractivity contribution in [2.24, 2.45) is 5.73 Å². The van der Waals surface area contributed by atoms with E-state index in [0.717, 1.165) is 0 Å². The molecule has 18 heavy (non-hydrogen) atoms. The molecule has 6 N–H and O–H groups in total. The normalized spacial score (nSPS) is 9.72. The van der Waals surface area contributed by atoms with Gasteiger partial charge in [-0.25, -0.2) is 14.8 Å². The first-order valence-corrected chi connectivity index (χ1v) is 5.02. The molecule has 0 amide bonds. The molecular weight excluding hydrogens is 262 g/mol. The maximum atomic E-state index is 11.5. The molecule has 0 radical (unpaired) electrons. The van der Waals surface area contributed by atoms with Crippen LogP contribution in [-0.4, -0.2) is 36.0 Å². The maximum Gasteiger partial charge on any atom is 0.385 e. The van der Waals surface area contributed by atoms with Crippen LogP contribution in [0.15, 0.2) is 0 Å². The Bertz CT molecular complexity index is 491. The van der Waals surface area contributed by atoms with Gasteiger partial charge in [0.25, 0.3) is 0 Å². The van der Waals surface area contributed by atoms with Crippen LogP contribution in [-0.2, 0) is 4.84 Å². The molecule has 0 aromatic carbocycles. The molecule has 0 aliphatic carbocycles. The average molecular weight is 274 g/mol. The van der Waals surface area contributed by atoms with Crippen LogP contribution in [0, 0.1) is 5.41 Å². The van der Waals surface area contributed by atoms with Crippen molar-refractivity contribution in [3.05, 3.63) is 10.8 Å². The van der Waals surface area contributed by atoms with Crippen molar-refractivity contribution < 1.29 is 9.63 Å². The number of guanidine groups is 1. The number of carbonyl (C=O) groups excluding carboxylic acids is 1. The molecule has 1 rings (SSSR count). The van der Waals surface area contributed by atoms with Crippen molar-refractivity contribution in [3.8, 4) is 0 Å². The van der Waals surface area contributed by atoms with Gasteiger partial charge in [0, 0.05) is 14.1 Å². The molecule has 1 aromatic rings. The fraction of sp³-hybridized carbons (Fsp3) is 0.250.